The maximum Gasteiger partial charge on any atom is 0.350 e. The number of hydrogen-bond donors (Lipinski definition) is 2. The molecule has 9 nitrogen and oxygen atoms in total. The standard InChI is InChI=1S/C38H28N2O7S2/c1-45-37(43)33-29(21-31(48-33)23-9-5-3-6-10-23)39-35(41)25-13-17-27(18-14-25)47-28-19-15-26(16-20-28)36(42)40-30-22-32(24-11-7-4-8-12-24)49-34(30)38(44)46-2/h3-22H,1-2H3,(H,39,41)(H,40,42). The fourth-order valence-electron chi connectivity index (χ4n) is 4.82. The third kappa shape index (κ3) is 7.59. The van der Waals surface area contributed by atoms with Crippen LogP contribution in [0.5, 0.6) is 11.5 Å². The van der Waals surface area contributed by atoms with Gasteiger partial charge in [0.25, 0.3) is 11.8 Å². The third-order valence-electron chi connectivity index (χ3n) is 7.29. The maximum atomic E-state index is 13.1. The molecule has 0 radical (unpaired) electrons. The molecule has 0 saturated heterocycles. The minimum Gasteiger partial charge on any atom is -0.465 e. The van der Waals surface area contributed by atoms with Gasteiger partial charge in [0.05, 0.1) is 25.6 Å². The Morgan fingerprint density at radius 3 is 1.22 bits per heavy atom. The summed E-state index contributed by atoms with van der Waals surface area (Å²) in [7, 11) is 2.59. The second-order valence-corrected chi connectivity index (χ2v) is 12.6. The minimum absolute atomic E-state index is 0.294. The summed E-state index contributed by atoms with van der Waals surface area (Å²) in [6.45, 7) is 0. The van der Waals surface area contributed by atoms with Gasteiger partial charge in [-0.05, 0) is 71.8 Å². The molecule has 49 heavy (non-hydrogen) atoms. The maximum absolute atomic E-state index is 13.1. The number of hydrogen-bond acceptors (Lipinski definition) is 9. The number of nitrogens with one attached hydrogen (secondary N) is 2. The average Bonchev–Trinajstić information content (AvgIpc) is 3.77. The van der Waals surface area contributed by atoms with Crippen LogP contribution in [0.1, 0.15) is 40.1 Å². The zero-order valence-electron chi connectivity index (χ0n) is 26.2. The summed E-state index contributed by atoms with van der Waals surface area (Å²) in [6.07, 6.45) is 0. The van der Waals surface area contributed by atoms with Gasteiger partial charge in [0, 0.05) is 20.9 Å². The number of esters is 2. The summed E-state index contributed by atoms with van der Waals surface area (Å²) in [4.78, 5) is 53.3. The third-order valence-corrected chi connectivity index (χ3v) is 9.62. The van der Waals surface area contributed by atoms with Crippen molar-refractivity contribution in [2.45, 2.75) is 0 Å². The van der Waals surface area contributed by atoms with Gasteiger partial charge < -0.3 is 24.8 Å². The molecule has 0 saturated carbocycles. The van der Waals surface area contributed by atoms with E-state index in [1.54, 1.807) is 60.7 Å². The molecule has 11 heteroatoms. The van der Waals surface area contributed by atoms with Crippen LogP contribution in [-0.4, -0.2) is 38.0 Å². The van der Waals surface area contributed by atoms with E-state index in [4.69, 9.17) is 14.2 Å². The number of rotatable bonds is 10. The molecule has 0 aliphatic carbocycles. The number of amides is 2. The fraction of sp³-hybridized carbons (Fsp3) is 0.0526. The first-order valence-corrected chi connectivity index (χ1v) is 16.5. The van der Waals surface area contributed by atoms with Crippen molar-refractivity contribution in [1.29, 1.82) is 0 Å². The van der Waals surface area contributed by atoms with Gasteiger partial charge in [-0.15, -0.1) is 22.7 Å². The Morgan fingerprint density at radius 2 is 0.878 bits per heavy atom. The highest BCUT2D eigenvalue weighted by Crippen LogP contribution is 2.37. The summed E-state index contributed by atoms with van der Waals surface area (Å²) in [5, 5.41) is 5.65. The van der Waals surface area contributed by atoms with Gasteiger partial charge >= 0.3 is 11.9 Å². The summed E-state index contributed by atoms with van der Waals surface area (Å²) >= 11 is 2.48. The molecule has 0 fully saturated rings. The van der Waals surface area contributed by atoms with Gasteiger partial charge in [-0.1, -0.05) is 60.7 Å². The monoisotopic (exact) mass is 688 g/mol. The van der Waals surface area contributed by atoms with Crippen molar-refractivity contribution in [2.24, 2.45) is 0 Å². The van der Waals surface area contributed by atoms with Crippen molar-refractivity contribution >= 4 is 57.8 Å². The van der Waals surface area contributed by atoms with Crippen LogP contribution in [0, 0.1) is 0 Å². The number of anilines is 2. The van der Waals surface area contributed by atoms with Crippen LogP contribution < -0.4 is 15.4 Å². The van der Waals surface area contributed by atoms with Crippen LogP contribution in [0.3, 0.4) is 0 Å². The lowest BCUT2D eigenvalue weighted by molar-refractivity contribution is 0.0598. The Bertz CT molecular complexity index is 1970. The Kier molecular flexibility index (Phi) is 9.93. The molecule has 6 rings (SSSR count). The fourth-order valence-corrected chi connectivity index (χ4v) is 6.89. The highest BCUT2D eigenvalue weighted by atomic mass is 32.1. The van der Waals surface area contributed by atoms with E-state index in [-0.39, 0.29) is 0 Å². The first-order chi connectivity index (χ1) is 23.8. The van der Waals surface area contributed by atoms with Gasteiger partial charge in [-0.2, -0.15) is 0 Å². The number of carbonyl (C=O) groups excluding carboxylic acids is 4. The Morgan fingerprint density at radius 1 is 0.510 bits per heavy atom. The van der Waals surface area contributed by atoms with Crippen LogP contribution in [0.25, 0.3) is 20.9 Å². The molecule has 0 atom stereocenters. The van der Waals surface area contributed by atoms with Crippen LogP contribution in [-0.2, 0) is 9.47 Å². The molecule has 2 heterocycles. The summed E-state index contributed by atoms with van der Waals surface area (Å²) in [5.74, 6) is -0.933. The molecular weight excluding hydrogens is 661 g/mol. The molecule has 0 aliphatic rings. The molecule has 2 aromatic heterocycles. The highest BCUT2D eigenvalue weighted by Gasteiger charge is 2.22. The molecule has 244 valence electrons. The number of thiophene rings is 2. The first-order valence-electron chi connectivity index (χ1n) is 14.9. The largest absolute Gasteiger partial charge is 0.465 e. The summed E-state index contributed by atoms with van der Waals surface area (Å²) in [5.41, 5.74) is 3.28. The smallest absolute Gasteiger partial charge is 0.350 e. The van der Waals surface area contributed by atoms with Crippen molar-refractivity contribution in [3.8, 4) is 32.4 Å². The van der Waals surface area contributed by atoms with Gasteiger partial charge in [0.1, 0.15) is 21.3 Å². The Hall–Kier alpha value is -6.04. The topological polar surface area (TPSA) is 120 Å². The van der Waals surface area contributed by atoms with Crippen LogP contribution in [0.15, 0.2) is 121 Å². The zero-order valence-corrected chi connectivity index (χ0v) is 27.9. The van der Waals surface area contributed by atoms with Crippen LogP contribution in [0.2, 0.25) is 0 Å². The lowest BCUT2D eigenvalue weighted by Gasteiger charge is -2.09. The van der Waals surface area contributed by atoms with Crippen molar-refractivity contribution in [3.05, 3.63) is 142 Å². The van der Waals surface area contributed by atoms with E-state index >= 15 is 0 Å². The van der Waals surface area contributed by atoms with E-state index in [1.807, 2.05) is 60.7 Å². The highest BCUT2D eigenvalue weighted by molar-refractivity contribution is 7.18. The Labute approximate surface area is 289 Å². The molecule has 6 aromatic rings. The van der Waals surface area contributed by atoms with Crippen molar-refractivity contribution < 1.29 is 33.4 Å². The predicted molar refractivity (Wildman–Crippen MR) is 191 cm³/mol. The lowest BCUT2D eigenvalue weighted by atomic mass is 10.1. The molecule has 2 amide bonds. The van der Waals surface area contributed by atoms with Crippen molar-refractivity contribution in [3.63, 3.8) is 0 Å². The number of ether oxygens (including phenoxy) is 3. The minimum atomic E-state index is -0.538. The molecule has 0 spiro atoms. The first kappa shape index (κ1) is 32.9. The normalized spacial score (nSPS) is 10.6. The molecule has 0 aliphatic heterocycles. The second kappa shape index (κ2) is 14.8. The Balaban J connectivity index is 1.10. The molecule has 0 unspecified atom stereocenters. The van der Waals surface area contributed by atoms with Crippen molar-refractivity contribution in [2.75, 3.05) is 24.9 Å². The predicted octanol–water partition coefficient (Wildman–Crippen LogP) is 9.01. The summed E-state index contributed by atoms with van der Waals surface area (Å²) in [6, 6.07) is 35.6. The van der Waals surface area contributed by atoms with E-state index in [0.717, 1.165) is 20.9 Å². The molecule has 0 bridgehead atoms. The number of methoxy groups -OCH3 is 2. The summed E-state index contributed by atoms with van der Waals surface area (Å²) < 4.78 is 15.8. The van der Waals surface area contributed by atoms with Gasteiger partial charge in [0.2, 0.25) is 0 Å². The average molecular weight is 689 g/mol. The van der Waals surface area contributed by atoms with E-state index in [0.29, 0.717) is 43.8 Å². The van der Waals surface area contributed by atoms with E-state index in [9.17, 15) is 19.2 Å². The molecule has 4 aromatic carbocycles. The molecular formula is C38H28N2O7S2. The SMILES string of the molecule is COC(=O)c1sc(-c2ccccc2)cc1NC(=O)c1ccc(Oc2ccc(C(=O)Nc3cc(-c4ccccc4)sc3C(=O)OC)cc2)cc1. The van der Waals surface area contributed by atoms with E-state index in [2.05, 4.69) is 10.6 Å². The lowest BCUT2D eigenvalue weighted by Crippen LogP contribution is -2.14. The van der Waals surface area contributed by atoms with Gasteiger partial charge in [-0.25, -0.2) is 9.59 Å². The second-order valence-electron chi connectivity index (χ2n) is 10.5. The number of carbonyl (C=O) groups is 4. The van der Waals surface area contributed by atoms with Gasteiger partial charge in [0.15, 0.2) is 0 Å². The van der Waals surface area contributed by atoms with E-state index < -0.39 is 23.8 Å². The number of benzene rings is 4. The van der Waals surface area contributed by atoms with Crippen LogP contribution >= 0.6 is 22.7 Å². The zero-order chi connectivity index (χ0) is 34.3. The van der Waals surface area contributed by atoms with Gasteiger partial charge in [-0.3, -0.25) is 9.59 Å². The molecule has 2 N–H and O–H groups in total. The van der Waals surface area contributed by atoms with E-state index in [1.165, 1.54) is 36.9 Å². The van der Waals surface area contributed by atoms with Crippen LogP contribution in [0.4, 0.5) is 11.4 Å². The van der Waals surface area contributed by atoms with Crippen molar-refractivity contribution in [1.82, 2.24) is 0 Å². The quantitative estimate of drug-likeness (QED) is 0.138.